The van der Waals surface area contributed by atoms with Crippen LogP contribution < -0.4 is 22.5 Å². The fraction of sp³-hybridized carbons (Fsp3) is 0. The van der Waals surface area contributed by atoms with Gasteiger partial charge in [-0.2, -0.15) is 9.97 Å². The molecule has 6 heteroatoms. The summed E-state index contributed by atoms with van der Waals surface area (Å²) in [5, 5.41) is 3.02. The number of nitrogens with zero attached hydrogens (tertiary/aromatic N) is 2. The lowest BCUT2D eigenvalue weighted by molar-refractivity contribution is 1.20. The predicted octanol–water partition coefficient (Wildman–Crippen LogP) is 0.967. The quantitative estimate of drug-likeness (QED) is 0.594. The highest BCUT2D eigenvalue weighted by atomic mass is 15.1. The molecule has 1 aromatic heterocycles. The number of nitrogens with one attached hydrogen (secondary N) is 1. The van der Waals surface area contributed by atoms with E-state index in [0.29, 0.717) is 5.82 Å². The summed E-state index contributed by atoms with van der Waals surface area (Å²) >= 11 is 0. The van der Waals surface area contributed by atoms with Crippen LogP contribution in [-0.4, -0.2) is 9.97 Å². The smallest absolute Gasteiger partial charge is 0.224 e. The Kier molecular flexibility index (Phi) is 2.47. The first-order valence-corrected chi connectivity index (χ1v) is 4.67. The van der Waals surface area contributed by atoms with Crippen LogP contribution in [-0.2, 0) is 0 Å². The van der Waals surface area contributed by atoms with Crippen molar-refractivity contribution in [1.82, 2.24) is 9.97 Å². The highest BCUT2D eigenvalue weighted by molar-refractivity contribution is 5.77. The molecule has 0 atom stereocenters. The highest BCUT2D eigenvalue weighted by Crippen LogP contribution is 2.25. The molecule has 0 aliphatic carbocycles. The van der Waals surface area contributed by atoms with Gasteiger partial charge in [-0.3, -0.25) is 0 Å². The molecule has 2 aromatic rings. The Morgan fingerprint density at radius 2 is 1.62 bits per heavy atom. The minimum Gasteiger partial charge on any atom is -0.393 e. The van der Waals surface area contributed by atoms with E-state index in [1.807, 2.05) is 30.3 Å². The van der Waals surface area contributed by atoms with E-state index in [1.165, 1.54) is 0 Å². The molecule has 1 aromatic carbocycles. The fourth-order valence-electron chi connectivity index (χ4n) is 1.26. The molecule has 7 N–H and O–H groups in total. The molecule has 0 spiro atoms. The third-order valence-electron chi connectivity index (χ3n) is 2.03. The third kappa shape index (κ3) is 1.95. The molecule has 1 heterocycles. The van der Waals surface area contributed by atoms with Crippen molar-refractivity contribution in [3.8, 4) is 0 Å². The zero-order valence-corrected chi connectivity index (χ0v) is 8.51. The number of benzene rings is 1. The van der Waals surface area contributed by atoms with Gasteiger partial charge in [-0.1, -0.05) is 18.2 Å². The SMILES string of the molecule is Nc1nc(N)c(N)c(Nc2ccccc2)n1. The standard InChI is InChI=1S/C10H12N6/c11-7-8(12)15-10(13)16-9(7)14-6-4-2-1-3-5-6/h1-5H,11H2,(H5,12,13,14,15,16). The summed E-state index contributed by atoms with van der Waals surface area (Å²) in [4.78, 5) is 7.73. The van der Waals surface area contributed by atoms with Gasteiger partial charge >= 0.3 is 0 Å². The Morgan fingerprint density at radius 3 is 2.31 bits per heavy atom. The molecule has 0 aliphatic rings. The molecule has 6 nitrogen and oxygen atoms in total. The van der Waals surface area contributed by atoms with Crippen molar-refractivity contribution in [3.05, 3.63) is 30.3 Å². The van der Waals surface area contributed by atoms with Gasteiger partial charge in [0.05, 0.1) is 0 Å². The van der Waals surface area contributed by atoms with Crippen molar-refractivity contribution in [2.24, 2.45) is 0 Å². The molecule has 0 saturated heterocycles. The van der Waals surface area contributed by atoms with E-state index in [-0.39, 0.29) is 17.5 Å². The number of aromatic nitrogens is 2. The van der Waals surface area contributed by atoms with Crippen LogP contribution in [0.3, 0.4) is 0 Å². The molecular weight excluding hydrogens is 204 g/mol. The van der Waals surface area contributed by atoms with Crippen LogP contribution in [0.4, 0.5) is 29.0 Å². The maximum absolute atomic E-state index is 5.73. The lowest BCUT2D eigenvalue weighted by Gasteiger charge is -2.09. The number of anilines is 5. The van der Waals surface area contributed by atoms with Crippen LogP contribution in [0.25, 0.3) is 0 Å². The van der Waals surface area contributed by atoms with E-state index in [9.17, 15) is 0 Å². The van der Waals surface area contributed by atoms with Gasteiger partial charge < -0.3 is 22.5 Å². The van der Waals surface area contributed by atoms with Gasteiger partial charge in [0, 0.05) is 5.69 Å². The molecule has 2 rings (SSSR count). The van der Waals surface area contributed by atoms with Crippen molar-refractivity contribution >= 4 is 29.0 Å². The van der Waals surface area contributed by atoms with Gasteiger partial charge in [0.1, 0.15) is 5.69 Å². The molecule has 0 amide bonds. The van der Waals surface area contributed by atoms with Crippen molar-refractivity contribution in [2.45, 2.75) is 0 Å². The minimum absolute atomic E-state index is 0.0881. The average Bonchev–Trinajstić information content (AvgIpc) is 2.27. The highest BCUT2D eigenvalue weighted by Gasteiger charge is 2.07. The number of hydrogen-bond donors (Lipinski definition) is 4. The molecule has 82 valence electrons. The van der Waals surface area contributed by atoms with E-state index >= 15 is 0 Å². The Balaban J connectivity index is 2.35. The molecule has 0 fully saturated rings. The Bertz CT molecular complexity index is 496. The molecular formula is C10H12N6. The van der Waals surface area contributed by atoms with Crippen molar-refractivity contribution in [1.29, 1.82) is 0 Å². The Labute approximate surface area is 92.5 Å². The van der Waals surface area contributed by atoms with Crippen LogP contribution >= 0.6 is 0 Å². The predicted molar refractivity (Wildman–Crippen MR) is 65.0 cm³/mol. The van der Waals surface area contributed by atoms with Crippen LogP contribution in [0, 0.1) is 0 Å². The molecule has 0 unspecified atom stereocenters. The van der Waals surface area contributed by atoms with E-state index in [0.717, 1.165) is 5.69 Å². The second kappa shape index (κ2) is 3.93. The van der Waals surface area contributed by atoms with E-state index in [1.54, 1.807) is 0 Å². The third-order valence-corrected chi connectivity index (χ3v) is 2.03. The number of hydrogen-bond acceptors (Lipinski definition) is 6. The summed E-state index contributed by atoms with van der Waals surface area (Å²) in [7, 11) is 0. The Hall–Kier alpha value is -2.50. The van der Waals surface area contributed by atoms with Gasteiger partial charge in [-0.25, -0.2) is 0 Å². The maximum atomic E-state index is 5.73. The van der Waals surface area contributed by atoms with Crippen molar-refractivity contribution in [3.63, 3.8) is 0 Å². The van der Waals surface area contributed by atoms with E-state index in [2.05, 4.69) is 15.3 Å². The summed E-state index contributed by atoms with van der Waals surface area (Å²) in [6.07, 6.45) is 0. The first-order chi connectivity index (χ1) is 7.66. The molecule has 0 bridgehead atoms. The van der Waals surface area contributed by atoms with Gasteiger partial charge in [0.2, 0.25) is 5.95 Å². The topological polar surface area (TPSA) is 116 Å². The number of nitrogen functional groups attached to an aromatic ring is 3. The monoisotopic (exact) mass is 216 g/mol. The normalized spacial score (nSPS) is 10.0. The lowest BCUT2D eigenvalue weighted by atomic mass is 10.3. The molecule has 0 aliphatic heterocycles. The number of rotatable bonds is 2. The molecule has 0 radical (unpaired) electrons. The summed E-state index contributed by atoms with van der Waals surface area (Å²) in [5.41, 5.74) is 17.9. The Morgan fingerprint density at radius 1 is 0.938 bits per heavy atom. The summed E-state index contributed by atoms with van der Waals surface area (Å²) < 4.78 is 0. The zero-order chi connectivity index (χ0) is 11.5. The van der Waals surface area contributed by atoms with E-state index in [4.69, 9.17) is 17.2 Å². The van der Waals surface area contributed by atoms with Gasteiger partial charge in [-0.05, 0) is 12.1 Å². The first-order valence-electron chi connectivity index (χ1n) is 4.67. The maximum Gasteiger partial charge on any atom is 0.224 e. The first kappa shape index (κ1) is 10.0. The molecule has 0 saturated carbocycles. The van der Waals surface area contributed by atoms with Crippen LogP contribution in [0.5, 0.6) is 0 Å². The number of nitrogens with two attached hydrogens (primary N) is 3. The average molecular weight is 216 g/mol. The lowest BCUT2D eigenvalue weighted by Crippen LogP contribution is -2.08. The largest absolute Gasteiger partial charge is 0.393 e. The van der Waals surface area contributed by atoms with Crippen LogP contribution in [0.15, 0.2) is 30.3 Å². The summed E-state index contributed by atoms with van der Waals surface area (Å²) in [5.74, 6) is 0.673. The fourth-order valence-corrected chi connectivity index (χ4v) is 1.26. The summed E-state index contributed by atoms with van der Waals surface area (Å²) in [6.45, 7) is 0. The van der Waals surface area contributed by atoms with E-state index < -0.39 is 0 Å². The van der Waals surface area contributed by atoms with Crippen LogP contribution in [0.1, 0.15) is 0 Å². The number of para-hydroxylation sites is 1. The van der Waals surface area contributed by atoms with Crippen molar-refractivity contribution < 1.29 is 0 Å². The van der Waals surface area contributed by atoms with Gasteiger partial charge in [0.15, 0.2) is 11.6 Å². The van der Waals surface area contributed by atoms with Gasteiger partial charge in [0.25, 0.3) is 0 Å². The van der Waals surface area contributed by atoms with Crippen molar-refractivity contribution in [2.75, 3.05) is 22.5 Å². The molecule has 16 heavy (non-hydrogen) atoms. The summed E-state index contributed by atoms with van der Waals surface area (Å²) in [6, 6.07) is 9.47. The zero-order valence-electron chi connectivity index (χ0n) is 8.51. The minimum atomic E-state index is 0.0881. The second-order valence-corrected chi connectivity index (χ2v) is 3.22. The second-order valence-electron chi connectivity index (χ2n) is 3.22. The van der Waals surface area contributed by atoms with Crippen LogP contribution in [0.2, 0.25) is 0 Å². The van der Waals surface area contributed by atoms with Gasteiger partial charge in [-0.15, -0.1) is 0 Å².